The highest BCUT2D eigenvalue weighted by Crippen LogP contribution is 2.39. The Bertz CT molecular complexity index is 2920. The van der Waals surface area contributed by atoms with Gasteiger partial charge < -0.3 is 0 Å². The Hall–Kier alpha value is -7.58. The molecule has 0 saturated heterocycles. The molecule has 6 aromatic heterocycles. The number of hydrogen-bond acceptors (Lipinski definition) is 4. The van der Waals surface area contributed by atoms with Gasteiger partial charge >= 0.3 is 0 Å². The number of imidazole rings is 2. The van der Waals surface area contributed by atoms with E-state index in [1.165, 1.54) is 0 Å². The van der Waals surface area contributed by atoms with Gasteiger partial charge in [-0.2, -0.15) is 0 Å². The smallest absolute Gasteiger partial charge is 0.221 e. The molecule has 0 atom stereocenters. The number of aromatic nitrogens is 8. The van der Waals surface area contributed by atoms with Crippen LogP contribution in [-0.4, -0.2) is 38.2 Å². The molecule has 8 nitrogen and oxygen atoms in total. The zero-order chi connectivity index (χ0) is 35.6. The number of nitrogens with zero attached hydrogens (tertiary/aromatic N) is 8. The molecule has 6 heterocycles. The molecular formula is C46H30N8. The predicted molar refractivity (Wildman–Crippen MR) is 216 cm³/mol. The first-order chi connectivity index (χ1) is 26.8. The molecule has 0 bridgehead atoms. The van der Waals surface area contributed by atoms with E-state index >= 15 is 0 Å². The first-order valence-electron chi connectivity index (χ1n) is 17.9. The van der Waals surface area contributed by atoms with Gasteiger partial charge in [-0.3, -0.25) is 23.3 Å². The van der Waals surface area contributed by atoms with Gasteiger partial charge in [-0.15, -0.1) is 0 Å². The molecule has 0 unspecified atom stereocenters. The van der Waals surface area contributed by atoms with E-state index in [9.17, 15) is 0 Å². The van der Waals surface area contributed by atoms with Gasteiger partial charge in [0, 0.05) is 39.5 Å². The number of rotatable bonds is 6. The van der Waals surface area contributed by atoms with Crippen LogP contribution in [0.4, 0.5) is 0 Å². The van der Waals surface area contributed by atoms with Crippen LogP contribution in [0, 0.1) is 0 Å². The summed E-state index contributed by atoms with van der Waals surface area (Å²) in [4.78, 5) is 20.8. The van der Waals surface area contributed by atoms with Gasteiger partial charge in [-0.1, -0.05) is 115 Å². The van der Waals surface area contributed by atoms with Crippen LogP contribution < -0.4 is 0 Å². The van der Waals surface area contributed by atoms with Crippen LogP contribution in [-0.2, 0) is 0 Å². The minimum atomic E-state index is 0.732. The molecule has 0 fully saturated rings. The molecule has 11 aromatic rings. The SMILES string of the molecule is c1ccc(-c2cnc(-n3c4ccccc4c4nc5c(cc43)c3ncccc3n5-c3ncc(-c4ccccc4)n3-c3ccccc3)n2-c2ccccc2)cc1. The van der Waals surface area contributed by atoms with E-state index in [1.54, 1.807) is 0 Å². The van der Waals surface area contributed by atoms with E-state index in [4.69, 9.17) is 19.9 Å². The third kappa shape index (κ3) is 4.50. The van der Waals surface area contributed by atoms with E-state index in [0.717, 1.165) is 89.8 Å². The van der Waals surface area contributed by atoms with Crippen LogP contribution in [0.3, 0.4) is 0 Å². The fourth-order valence-corrected chi connectivity index (χ4v) is 7.81. The summed E-state index contributed by atoms with van der Waals surface area (Å²) in [6, 6.07) is 56.3. The molecule has 8 heteroatoms. The molecule has 0 saturated carbocycles. The Morgan fingerprint density at radius 1 is 0.370 bits per heavy atom. The first-order valence-corrected chi connectivity index (χ1v) is 17.9. The lowest BCUT2D eigenvalue weighted by molar-refractivity contribution is 0.932. The van der Waals surface area contributed by atoms with Gasteiger partial charge in [0.1, 0.15) is 5.65 Å². The minimum absolute atomic E-state index is 0.732. The highest BCUT2D eigenvalue weighted by Gasteiger charge is 2.26. The zero-order valence-electron chi connectivity index (χ0n) is 28.9. The highest BCUT2D eigenvalue weighted by molar-refractivity contribution is 6.14. The summed E-state index contributed by atoms with van der Waals surface area (Å²) in [5.74, 6) is 1.51. The van der Waals surface area contributed by atoms with Crippen molar-refractivity contribution in [1.82, 2.24) is 38.2 Å². The quantitative estimate of drug-likeness (QED) is 0.174. The molecule has 5 aromatic carbocycles. The number of benzene rings is 5. The van der Waals surface area contributed by atoms with Crippen molar-refractivity contribution in [3.63, 3.8) is 0 Å². The van der Waals surface area contributed by atoms with Crippen molar-refractivity contribution in [2.24, 2.45) is 0 Å². The summed E-state index contributed by atoms with van der Waals surface area (Å²) in [5.41, 5.74) is 11.5. The lowest BCUT2D eigenvalue weighted by Gasteiger charge is -2.15. The van der Waals surface area contributed by atoms with E-state index in [0.29, 0.717) is 0 Å². The van der Waals surface area contributed by atoms with Gasteiger partial charge in [-0.05, 0) is 48.5 Å². The Labute approximate surface area is 309 Å². The second kappa shape index (κ2) is 12.0. The van der Waals surface area contributed by atoms with Crippen molar-refractivity contribution >= 4 is 44.0 Å². The van der Waals surface area contributed by atoms with Crippen molar-refractivity contribution in [3.05, 3.63) is 182 Å². The molecule has 11 rings (SSSR count). The average molecular weight is 695 g/mol. The van der Waals surface area contributed by atoms with Crippen LogP contribution in [0.25, 0.3) is 89.8 Å². The second-order valence-electron chi connectivity index (χ2n) is 13.2. The number of pyridine rings is 2. The summed E-state index contributed by atoms with van der Waals surface area (Å²) in [6.07, 6.45) is 5.76. The predicted octanol–water partition coefficient (Wildman–Crippen LogP) is 10.4. The number of hydrogen-bond donors (Lipinski definition) is 0. The average Bonchev–Trinajstić information content (AvgIpc) is 4.02. The maximum Gasteiger partial charge on any atom is 0.221 e. The van der Waals surface area contributed by atoms with Gasteiger partial charge in [0.15, 0.2) is 0 Å². The molecule has 254 valence electrons. The summed E-state index contributed by atoms with van der Waals surface area (Å²) in [7, 11) is 0. The number of para-hydroxylation sites is 3. The zero-order valence-corrected chi connectivity index (χ0v) is 28.9. The molecule has 0 spiro atoms. The molecule has 54 heavy (non-hydrogen) atoms. The van der Waals surface area contributed by atoms with Crippen LogP contribution in [0.2, 0.25) is 0 Å². The molecule has 0 amide bonds. The Morgan fingerprint density at radius 3 is 1.50 bits per heavy atom. The van der Waals surface area contributed by atoms with E-state index in [-0.39, 0.29) is 0 Å². The fourth-order valence-electron chi connectivity index (χ4n) is 7.81. The van der Waals surface area contributed by atoms with Crippen LogP contribution in [0.15, 0.2) is 182 Å². The van der Waals surface area contributed by atoms with Crippen LogP contribution in [0.5, 0.6) is 0 Å². The Morgan fingerprint density at radius 2 is 0.889 bits per heavy atom. The van der Waals surface area contributed by atoms with Crippen molar-refractivity contribution in [2.75, 3.05) is 0 Å². The van der Waals surface area contributed by atoms with E-state index < -0.39 is 0 Å². The maximum atomic E-state index is 5.56. The van der Waals surface area contributed by atoms with Crippen LogP contribution >= 0.6 is 0 Å². The molecule has 0 radical (unpaired) electrons. The molecule has 0 N–H and O–H groups in total. The number of fused-ring (bicyclic) bond motifs is 6. The van der Waals surface area contributed by atoms with E-state index in [2.05, 4.69) is 152 Å². The van der Waals surface area contributed by atoms with Gasteiger partial charge in [-0.25, -0.2) is 15.0 Å². The van der Waals surface area contributed by atoms with Gasteiger partial charge in [0.2, 0.25) is 11.9 Å². The first kappa shape index (κ1) is 30.1. The van der Waals surface area contributed by atoms with Crippen molar-refractivity contribution in [1.29, 1.82) is 0 Å². The Kier molecular flexibility index (Phi) is 6.69. The second-order valence-corrected chi connectivity index (χ2v) is 13.2. The molecular weight excluding hydrogens is 665 g/mol. The maximum absolute atomic E-state index is 5.56. The van der Waals surface area contributed by atoms with Crippen LogP contribution in [0.1, 0.15) is 0 Å². The summed E-state index contributed by atoms with van der Waals surface area (Å²) in [6.45, 7) is 0. The van der Waals surface area contributed by atoms with Crippen molar-refractivity contribution < 1.29 is 0 Å². The minimum Gasteiger partial charge on any atom is -0.278 e. The van der Waals surface area contributed by atoms with Gasteiger partial charge in [0.25, 0.3) is 0 Å². The topological polar surface area (TPSA) is 71.3 Å². The third-order valence-electron chi connectivity index (χ3n) is 10.2. The van der Waals surface area contributed by atoms with Gasteiger partial charge in [0.05, 0.1) is 51.4 Å². The lowest BCUT2D eigenvalue weighted by atomic mass is 10.1. The normalized spacial score (nSPS) is 11.7. The fraction of sp³-hybridized carbons (Fsp3) is 0. The van der Waals surface area contributed by atoms with Crippen molar-refractivity contribution in [3.8, 4) is 45.8 Å². The standard InChI is InChI=1S/C46H30N8/c1-5-16-31(17-6-1)40-29-48-45(51(40)33-20-9-3-10-21-33)53-37-25-14-13-24-35(37)43-39(53)28-36-42-38(26-15-27-47-42)54(44(36)50-43)46-49-30-41(32-18-7-2-8-19-32)52(46)34-22-11-4-12-23-34/h1-30H. The largest absolute Gasteiger partial charge is 0.278 e. The highest BCUT2D eigenvalue weighted by atomic mass is 15.3. The van der Waals surface area contributed by atoms with Crippen molar-refractivity contribution in [2.45, 2.75) is 0 Å². The lowest BCUT2D eigenvalue weighted by Crippen LogP contribution is -2.08. The summed E-state index contributed by atoms with van der Waals surface area (Å²) >= 11 is 0. The molecule has 0 aliphatic carbocycles. The molecule has 0 aliphatic rings. The van der Waals surface area contributed by atoms with E-state index in [1.807, 2.05) is 48.9 Å². The summed E-state index contributed by atoms with van der Waals surface area (Å²) < 4.78 is 8.83. The molecule has 0 aliphatic heterocycles. The Balaban J connectivity index is 1.24. The summed E-state index contributed by atoms with van der Waals surface area (Å²) in [5, 5.41) is 1.95. The monoisotopic (exact) mass is 694 g/mol. The third-order valence-corrected chi connectivity index (χ3v) is 10.2.